The van der Waals surface area contributed by atoms with Crippen molar-refractivity contribution >= 4 is 22.8 Å². The molecule has 1 heterocycles. The Morgan fingerprint density at radius 2 is 2.10 bits per heavy atom. The molecule has 0 radical (unpaired) electrons. The second kappa shape index (κ2) is 6.19. The van der Waals surface area contributed by atoms with Crippen molar-refractivity contribution in [3.63, 3.8) is 0 Å². The molecule has 1 aromatic heterocycles. The Balaban J connectivity index is 1.61. The summed E-state index contributed by atoms with van der Waals surface area (Å²) in [6, 6.07) is 8.48. The van der Waals surface area contributed by atoms with Crippen LogP contribution in [0.2, 0.25) is 0 Å². The Morgan fingerprint density at radius 3 is 2.85 bits per heavy atom. The first-order valence-electron chi connectivity index (χ1n) is 7.51. The lowest BCUT2D eigenvalue weighted by molar-refractivity contribution is 0.683. The van der Waals surface area contributed by atoms with Crippen LogP contribution in [0.5, 0.6) is 0 Å². The van der Waals surface area contributed by atoms with E-state index in [4.69, 9.17) is 10.7 Å². The van der Waals surface area contributed by atoms with Gasteiger partial charge in [0, 0.05) is 30.5 Å². The van der Waals surface area contributed by atoms with Crippen LogP contribution in [0.3, 0.4) is 0 Å². The van der Waals surface area contributed by atoms with E-state index in [0.29, 0.717) is 0 Å². The molecular weight excluding hydrogens is 266 g/mol. The average molecular weight is 289 g/mol. The molecule has 3 rings (SSSR count). The second-order valence-corrected chi connectivity index (χ2v) is 7.11. The number of hydrogen-bond acceptors (Lipinski definition) is 3. The topological polar surface area (TPSA) is 43.8 Å². The average Bonchev–Trinajstić information content (AvgIpc) is 3.07. The zero-order valence-corrected chi connectivity index (χ0v) is 12.9. The van der Waals surface area contributed by atoms with Crippen LogP contribution in [0.25, 0.3) is 11.0 Å². The SMILES string of the molecule is Cn1c(CC(N)CSC2CCCC2)nc2ccccc21. The Kier molecular flexibility index (Phi) is 4.32. The largest absolute Gasteiger partial charge is 0.331 e. The van der Waals surface area contributed by atoms with Crippen molar-refractivity contribution in [3.05, 3.63) is 30.1 Å². The van der Waals surface area contributed by atoms with E-state index in [0.717, 1.165) is 28.8 Å². The fourth-order valence-electron chi connectivity index (χ4n) is 2.99. The highest BCUT2D eigenvalue weighted by atomic mass is 32.2. The van der Waals surface area contributed by atoms with Gasteiger partial charge in [-0.2, -0.15) is 11.8 Å². The number of aryl methyl sites for hydroxylation is 1. The number of aromatic nitrogens is 2. The van der Waals surface area contributed by atoms with Gasteiger partial charge in [0.2, 0.25) is 0 Å². The maximum atomic E-state index is 6.30. The Hall–Kier alpha value is -1.00. The van der Waals surface area contributed by atoms with Crippen molar-refractivity contribution in [2.45, 2.75) is 43.4 Å². The van der Waals surface area contributed by atoms with Gasteiger partial charge in [0.25, 0.3) is 0 Å². The molecular formula is C16H23N3S. The lowest BCUT2D eigenvalue weighted by Gasteiger charge is -2.14. The molecule has 1 fully saturated rings. The van der Waals surface area contributed by atoms with E-state index in [1.807, 2.05) is 6.07 Å². The predicted octanol–water partition coefficient (Wildman–Crippen LogP) is 3.12. The van der Waals surface area contributed by atoms with Crippen LogP contribution in [-0.2, 0) is 13.5 Å². The Morgan fingerprint density at radius 1 is 1.35 bits per heavy atom. The maximum Gasteiger partial charge on any atom is 0.111 e. The number of nitrogens with two attached hydrogens (primary N) is 1. The van der Waals surface area contributed by atoms with Crippen LogP contribution in [0.1, 0.15) is 31.5 Å². The normalized spacial score (nSPS) is 17.9. The first-order valence-corrected chi connectivity index (χ1v) is 8.56. The van der Waals surface area contributed by atoms with Crippen LogP contribution in [0.15, 0.2) is 24.3 Å². The number of rotatable bonds is 5. The predicted molar refractivity (Wildman–Crippen MR) is 87.1 cm³/mol. The minimum atomic E-state index is 0.205. The van der Waals surface area contributed by atoms with Crippen LogP contribution in [0, 0.1) is 0 Å². The van der Waals surface area contributed by atoms with Crippen molar-refractivity contribution in [1.82, 2.24) is 9.55 Å². The Bertz CT molecular complexity index is 572. The number of para-hydroxylation sites is 2. The quantitative estimate of drug-likeness (QED) is 0.919. The molecule has 1 aliphatic rings. The molecule has 4 heteroatoms. The first-order chi connectivity index (χ1) is 9.74. The van der Waals surface area contributed by atoms with E-state index in [-0.39, 0.29) is 6.04 Å². The summed E-state index contributed by atoms with van der Waals surface area (Å²) in [4.78, 5) is 4.71. The minimum Gasteiger partial charge on any atom is -0.331 e. The number of nitrogens with zero attached hydrogens (tertiary/aromatic N) is 2. The standard InChI is InChI=1S/C16H23N3S/c1-19-15-9-5-4-8-14(15)18-16(19)10-12(17)11-20-13-6-2-3-7-13/h4-5,8-9,12-13H,2-3,6-7,10-11,17H2,1H3. The highest BCUT2D eigenvalue weighted by molar-refractivity contribution is 7.99. The van der Waals surface area contributed by atoms with Gasteiger partial charge in [0.1, 0.15) is 5.82 Å². The van der Waals surface area contributed by atoms with E-state index in [9.17, 15) is 0 Å². The summed E-state index contributed by atoms with van der Waals surface area (Å²) in [5.74, 6) is 2.15. The van der Waals surface area contributed by atoms with Crippen molar-refractivity contribution < 1.29 is 0 Å². The fraction of sp³-hybridized carbons (Fsp3) is 0.562. The third-order valence-electron chi connectivity index (χ3n) is 4.17. The summed E-state index contributed by atoms with van der Waals surface area (Å²) in [5.41, 5.74) is 8.56. The van der Waals surface area contributed by atoms with E-state index in [1.54, 1.807) is 0 Å². The van der Waals surface area contributed by atoms with E-state index in [2.05, 4.69) is 41.6 Å². The molecule has 1 saturated carbocycles. The summed E-state index contributed by atoms with van der Waals surface area (Å²) in [6.07, 6.45) is 6.42. The van der Waals surface area contributed by atoms with Crippen LogP contribution in [0.4, 0.5) is 0 Å². The molecule has 1 atom stereocenters. The zero-order valence-electron chi connectivity index (χ0n) is 12.1. The van der Waals surface area contributed by atoms with E-state index in [1.165, 1.54) is 31.2 Å². The van der Waals surface area contributed by atoms with E-state index >= 15 is 0 Å². The number of hydrogen-bond donors (Lipinski definition) is 1. The van der Waals surface area contributed by atoms with Gasteiger partial charge in [0.05, 0.1) is 11.0 Å². The summed E-state index contributed by atoms with van der Waals surface area (Å²) in [6.45, 7) is 0. The molecule has 1 unspecified atom stereocenters. The highest BCUT2D eigenvalue weighted by Crippen LogP contribution is 2.29. The zero-order chi connectivity index (χ0) is 13.9. The van der Waals surface area contributed by atoms with Gasteiger partial charge >= 0.3 is 0 Å². The van der Waals surface area contributed by atoms with Gasteiger partial charge < -0.3 is 10.3 Å². The van der Waals surface area contributed by atoms with Crippen LogP contribution in [-0.4, -0.2) is 26.6 Å². The maximum absolute atomic E-state index is 6.30. The number of fused-ring (bicyclic) bond motifs is 1. The van der Waals surface area contributed by atoms with Gasteiger partial charge in [-0.3, -0.25) is 0 Å². The summed E-state index contributed by atoms with van der Waals surface area (Å²) in [5, 5.41) is 0.849. The molecule has 0 saturated heterocycles. The minimum absolute atomic E-state index is 0.205. The molecule has 0 spiro atoms. The summed E-state index contributed by atoms with van der Waals surface area (Å²) in [7, 11) is 2.08. The molecule has 20 heavy (non-hydrogen) atoms. The van der Waals surface area contributed by atoms with E-state index < -0.39 is 0 Å². The van der Waals surface area contributed by atoms with Crippen LogP contribution >= 0.6 is 11.8 Å². The number of thioether (sulfide) groups is 1. The smallest absolute Gasteiger partial charge is 0.111 e. The molecule has 1 aliphatic carbocycles. The van der Waals surface area contributed by atoms with Gasteiger partial charge in [-0.25, -0.2) is 4.98 Å². The molecule has 0 amide bonds. The third-order valence-corrected chi connectivity index (χ3v) is 5.74. The first kappa shape index (κ1) is 14.0. The summed E-state index contributed by atoms with van der Waals surface area (Å²) < 4.78 is 2.18. The molecule has 3 nitrogen and oxygen atoms in total. The lowest BCUT2D eigenvalue weighted by Crippen LogP contribution is -2.27. The van der Waals surface area contributed by atoms with Crippen molar-refractivity contribution in [2.24, 2.45) is 12.8 Å². The third kappa shape index (κ3) is 3.01. The van der Waals surface area contributed by atoms with Gasteiger partial charge in [-0.15, -0.1) is 0 Å². The Labute approximate surface area is 124 Å². The highest BCUT2D eigenvalue weighted by Gasteiger charge is 2.17. The van der Waals surface area contributed by atoms with Crippen LogP contribution < -0.4 is 5.73 Å². The van der Waals surface area contributed by atoms with Gasteiger partial charge in [0.15, 0.2) is 0 Å². The lowest BCUT2D eigenvalue weighted by atomic mass is 10.2. The molecule has 0 aliphatic heterocycles. The number of benzene rings is 1. The van der Waals surface area contributed by atoms with Crippen molar-refractivity contribution in [3.8, 4) is 0 Å². The van der Waals surface area contributed by atoms with Crippen molar-refractivity contribution in [2.75, 3.05) is 5.75 Å². The molecule has 2 N–H and O–H groups in total. The molecule has 1 aromatic carbocycles. The van der Waals surface area contributed by atoms with Gasteiger partial charge in [-0.1, -0.05) is 25.0 Å². The second-order valence-electron chi connectivity index (χ2n) is 5.78. The summed E-state index contributed by atoms with van der Waals surface area (Å²) >= 11 is 2.06. The monoisotopic (exact) mass is 289 g/mol. The molecule has 0 bridgehead atoms. The number of imidazole rings is 1. The molecule has 2 aromatic rings. The fourth-order valence-corrected chi connectivity index (χ4v) is 4.29. The molecule has 108 valence electrons. The van der Waals surface area contributed by atoms with Crippen molar-refractivity contribution in [1.29, 1.82) is 0 Å². The van der Waals surface area contributed by atoms with Gasteiger partial charge in [-0.05, 0) is 25.0 Å².